The minimum Gasteiger partial charge on any atom is -0.305 e. The summed E-state index contributed by atoms with van der Waals surface area (Å²) in [4.78, 5) is 1.43. The molecule has 0 saturated heterocycles. The second-order valence-corrected chi connectivity index (χ2v) is 4.82. The van der Waals surface area contributed by atoms with Gasteiger partial charge in [-0.25, -0.2) is 0 Å². The topological polar surface area (TPSA) is 12.0 Å². The van der Waals surface area contributed by atoms with Gasteiger partial charge in [0.05, 0.1) is 0 Å². The average Bonchev–Trinajstić information content (AvgIpc) is 2.85. The SMILES string of the molecule is CCC(NCc1ccccc1)c1cccs1. The zero-order chi connectivity index (χ0) is 11.2. The van der Waals surface area contributed by atoms with Gasteiger partial charge in [0.2, 0.25) is 0 Å². The predicted molar refractivity (Wildman–Crippen MR) is 70.6 cm³/mol. The highest BCUT2D eigenvalue weighted by molar-refractivity contribution is 7.10. The summed E-state index contributed by atoms with van der Waals surface area (Å²) in [6, 6.07) is 15.4. The van der Waals surface area contributed by atoms with E-state index in [1.807, 2.05) is 11.3 Å². The largest absolute Gasteiger partial charge is 0.305 e. The van der Waals surface area contributed by atoms with Gasteiger partial charge in [-0.15, -0.1) is 11.3 Å². The van der Waals surface area contributed by atoms with Crippen LogP contribution in [0.5, 0.6) is 0 Å². The average molecular weight is 231 g/mol. The molecule has 2 rings (SSSR count). The van der Waals surface area contributed by atoms with E-state index in [0.717, 1.165) is 13.0 Å². The van der Waals surface area contributed by atoms with Crippen LogP contribution < -0.4 is 5.32 Å². The first-order valence-electron chi connectivity index (χ1n) is 5.71. The molecule has 1 unspecified atom stereocenters. The number of nitrogens with one attached hydrogen (secondary N) is 1. The van der Waals surface area contributed by atoms with Crippen LogP contribution in [0, 0.1) is 0 Å². The van der Waals surface area contributed by atoms with Crippen LogP contribution in [0.1, 0.15) is 29.8 Å². The third kappa shape index (κ3) is 2.94. The Labute approximate surface area is 101 Å². The molecule has 0 aliphatic heterocycles. The number of hydrogen-bond acceptors (Lipinski definition) is 2. The number of hydrogen-bond donors (Lipinski definition) is 1. The van der Waals surface area contributed by atoms with Crippen LogP contribution in [-0.4, -0.2) is 0 Å². The quantitative estimate of drug-likeness (QED) is 0.820. The van der Waals surface area contributed by atoms with Gasteiger partial charge in [-0.2, -0.15) is 0 Å². The molecule has 2 aromatic rings. The van der Waals surface area contributed by atoms with Crippen LogP contribution in [0.25, 0.3) is 0 Å². The molecule has 16 heavy (non-hydrogen) atoms. The molecule has 1 heterocycles. The molecule has 1 N–H and O–H groups in total. The van der Waals surface area contributed by atoms with Gasteiger partial charge in [0.1, 0.15) is 0 Å². The lowest BCUT2D eigenvalue weighted by Gasteiger charge is -2.15. The molecule has 0 bridgehead atoms. The summed E-state index contributed by atoms with van der Waals surface area (Å²) >= 11 is 1.83. The molecule has 0 aliphatic carbocycles. The molecule has 0 radical (unpaired) electrons. The molecule has 84 valence electrons. The van der Waals surface area contributed by atoms with E-state index < -0.39 is 0 Å². The van der Waals surface area contributed by atoms with Crippen molar-refractivity contribution in [2.45, 2.75) is 25.9 Å². The van der Waals surface area contributed by atoms with Gasteiger partial charge in [0.15, 0.2) is 0 Å². The van der Waals surface area contributed by atoms with E-state index in [4.69, 9.17) is 0 Å². The van der Waals surface area contributed by atoms with Crippen molar-refractivity contribution in [1.29, 1.82) is 0 Å². The van der Waals surface area contributed by atoms with E-state index in [0.29, 0.717) is 6.04 Å². The van der Waals surface area contributed by atoms with Gasteiger partial charge >= 0.3 is 0 Å². The fraction of sp³-hybridized carbons (Fsp3) is 0.286. The molecule has 2 heteroatoms. The molecule has 1 aromatic heterocycles. The molecular formula is C14H17NS. The lowest BCUT2D eigenvalue weighted by atomic mass is 10.1. The van der Waals surface area contributed by atoms with Crippen LogP contribution in [0.2, 0.25) is 0 Å². The second kappa shape index (κ2) is 5.83. The zero-order valence-corrected chi connectivity index (χ0v) is 10.3. The molecule has 0 fully saturated rings. The van der Waals surface area contributed by atoms with E-state index in [-0.39, 0.29) is 0 Å². The molecule has 0 aliphatic rings. The molecule has 1 aromatic carbocycles. The predicted octanol–water partition coefficient (Wildman–Crippen LogP) is 3.99. The Bertz CT molecular complexity index is 394. The van der Waals surface area contributed by atoms with Gasteiger partial charge < -0.3 is 5.32 Å². The van der Waals surface area contributed by atoms with Gasteiger partial charge in [-0.05, 0) is 23.4 Å². The van der Waals surface area contributed by atoms with Crippen LogP contribution in [0.15, 0.2) is 47.8 Å². The molecule has 0 spiro atoms. The third-order valence-corrected chi connectivity index (χ3v) is 3.68. The Morgan fingerprint density at radius 2 is 1.94 bits per heavy atom. The zero-order valence-electron chi connectivity index (χ0n) is 9.52. The molecule has 0 amide bonds. The highest BCUT2D eigenvalue weighted by Crippen LogP contribution is 2.21. The van der Waals surface area contributed by atoms with Gasteiger partial charge in [0.25, 0.3) is 0 Å². The first-order chi connectivity index (χ1) is 7.90. The second-order valence-electron chi connectivity index (χ2n) is 3.84. The van der Waals surface area contributed by atoms with Gasteiger partial charge in [0, 0.05) is 17.5 Å². The van der Waals surface area contributed by atoms with E-state index in [2.05, 4.69) is 60.1 Å². The van der Waals surface area contributed by atoms with Crippen molar-refractivity contribution in [3.05, 3.63) is 58.3 Å². The fourth-order valence-electron chi connectivity index (χ4n) is 1.77. The maximum Gasteiger partial charge on any atom is 0.0414 e. The standard InChI is InChI=1S/C14H17NS/c1-2-13(14-9-6-10-16-14)15-11-12-7-4-3-5-8-12/h3-10,13,15H,2,11H2,1H3. The molecule has 1 atom stereocenters. The summed E-state index contributed by atoms with van der Waals surface area (Å²) in [7, 11) is 0. The Morgan fingerprint density at radius 3 is 2.56 bits per heavy atom. The van der Waals surface area contributed by atoms with Crippen LogP contribution in [0.3, 0.4) is 0 Å². The van der Waals surface area contributed by atoms with E-state index in [9.17, 15) is 0 Å². The van der Waals surface area contributed by atoms with Gasteiger partial charge in [-0.1, -0.05) is 43.3 Å². The molecular weight excluding hydrogens is 214 g/mol. The van der Waals surface area contributed by atoms with Crippen molar-refractivity contribution in [2.24, 2.45) is 0 Å². The monoisotopic (exact) mass is 231 g/mol. The first kappa shape index (κ1) is 11.4. The fourth-order valence-corrected chi connectivity index (χ4v) is 2.66. The first-order valence-corrected chi connectivity index (χ1v) is 6.59. The maximum atomic E-state index is 3.60. The Balaban J connectivity index is 1.94. The van der Waals surface area contributed by atoms with Crippen molar-refractivity contribution in [3.8, 4) is 0 Å². The van der Waals surface area contributed by atoms with Crippen LogP contribution in [0.4, 0.5) is 0 Å². The van der Waals surface area contributed by atoms with Crippen molar-refractivity contribution in [3.63, 3.8) is 0 Å². The van der Waals surface area contributed by atoms with Crippen molar-refractivity contribution >= 4 is 11.3 Å². The van der Waals surface area contributed by atoms with Crippen molar-refractivity contribution < 1.29 is 0 Å². The summed E-state index contributed by atoms with van der Waals surface area (Å²) in [6.07, 6.45) is 1.13. The number of benzene rings is 1. The normalized spacial score (nSPS) is 12.6. The summed E-state index contributed by atoms with van der Waals surface area (Å²) in [5.74, 6) is 0. The maximum absolute atomic E-state index is 3.60. The van der Waals surface area contributed by atoms with E-state index >= 15 is 0 Å². The van der Waals surface area contributed by atoms with Crippen LogP contribution in [-0.2, 0) is 6.54 Å². The van der Waals surface area contributed by atoms with E-state index in [1.54, 1.807) is 0 Å². The Hall–Kier alpha value is -1.12. The Kier molecular flexibility index (Phi) is 4.14. The minimum absolute atomic E-state index is 0.486. The summed E-state index contributed by atoms with van der Waals surface area (Å²) < 4.78 is 0. The van der Waals surface area contributed by atoms with Gasteiger partial charge in [-0.3, -0.25) is 0 Å². The summed E-state index contributed by atoms with van der Waals surface area (Å²) in [5.41, 5.74) is 1.34. The number of thiophene rings is 1. The lowest BCUT2D eigenvalue weighted by molar-refractivity contribution is 0.526. The summed E-state index contributed by atoms with van der Waals surface area (Å²) in [6.45, 7) is 3.17. The number of rotatable bonds is 5. The highest BCUT2D eigenvalue weighted by atomic mass is 32.1. The van der Waals surface area contributed by atoms with Crippen molar-refractivity contribution in [1.82, 2.24) is 5.32 Å². The molecule has 1 nitrogen and oxygen atoms in total. The van der Waals surface area contributed by atoms with Crippen molar-refractivity contribution in [2.75, 3.05) is 0 Å². The highest BCUT2D eigenvalue weighted by Gasteiger charge is 2.08. The third-order valence-electron chi connectivity index (χ3n) is 2.69. The Morgan fingerprint density at radius 1 is 1.12 bits per heavy atom. The summed E-state index contributed by atoms with van der Waals surface area (Å²) in [5, 5.41) is 5.74. The minimum atomic E-state index is 0.486. The molecule has 0 saturated carbocycles. The smallest absolute Gasteiger partial charge is 0.0414 e. The van der Waals surface area contributed by atoms with Crippen LogP contribution >= 0.6 is 11.3 Å². The van der Waals surface area contributed by atoms with E-state index in [1.165, 1.54) is 10.4 Å². The lowest BCUT2D eigenvalue weighted by Crippen LogP contribution is -2.19.